The van der Waals surface area contributed by atoms with Crippen LogP contribution in [0.3, 0.4) is 0 Å². The van der Waals surface area contributed by atoms with Crippen LogP contribution >= 0.6 is 0 Å². The Morgan fingerprint density at radius 2 is 1.81 bits per heavy atom. The smallest absolute Gasteiger partial charge is 0.244 e. The van der Waals surface area contributed by atoms with Crippen molar-refractivity contribution in [2.24, 2.45) is 5.92 Å². The summed E-state index contributed by atoms with van der Waals surface area (Å²) in [5, 5.41) is 0. The average molecular weight is 409 g/mol. The van der Waals surface area contributed by atoms with Crippen molar-refractivity contribution >= 4 is 31.6 Å². The summed E-state index contributed by atoms with van der Waals surface area (Å²) in [6.07, 6.45) is 0. The van der Waals surface area contributed by atoms with E-state index >= 15 is 0 Å². The van der Waals surface area contributed by atoms with E-state index in [9.17, 15) is 21.6 Å². The third kappa shape index (κ3) is 4.05. The minimum atomic E-state index is -3.77. The molecule has 0 saturated carbocycles. The zero-order valence-electron chi connectivity index (χ0n) is 14.9. The van der Waals surface area contributed by atoms with Gasteiger partial charge in [-0.25, -0.2) is 25.9 Å². The molecule has 1 N–H and O–H groups in total. The molecule has 27 heavy (non-hydrogen) atoms. The minimum absolute atomic E-state index is 0.00371. The van der Waals surface area contributed by atoms with Gasteiger partial charge in [0.15, 0.2) is 0 Å². The molecular formula is C18H20N2O5S2. The fourth-order valence-electron chi connectivity index (χ4n) is 2.93. The molecule has 1 atom stereocenters. The highest BCUT2D eigenvalue weighted by molar-refractivity contribution is 7.94. The second kappa shape index (κ2) is 7.06. The van der Waals surface area contributed by atoms with E-state index in [2.05, 4.69) is 4.72 Å². The van der Waals surface area contributed by atoms with Gasteiger partial charge in [0.05, 0.1) is 22.3 Å². The topological polar surface area (TPSA) is 101 Å². The van der Waals surface area contributed by atoms with Crippen molar-refractivity contribution < 1.29 is 21.6 Å². The van der Waals surface area contributed by atoms with Crippen molar-refractivity contribution in [3.8, 4) is 0 Å². The lowest BCUT2D eigenvalue weighted by molar-refractivity contribution is -0.119. The normalized spacial score (nSPS) is 19.4. The van der Waals surface area contributed by atoms with Crippen LogP contribution in [-0.2, 0) is 31.4 Å². The molecule has 9 heteroatoms. The molecule has 0 aliphatic carbocycles. The number of rotatable bonds is 5. The number of amides is 1. The molecule has 0 unspecified atom stereocenters. The van der Waals surface area contributed by atoms with Crippen LogP contribution in [0.1, 0.15) is 18.1 Å². The largest absolute Gasteiger partial charge is 0.273 e. The number of sulfonamides is 2. The van der Waals surface area contributed by atoms with Crippen molar-refractivity contribution in [3.63, 3.8) is 0 Å². The summed E-state index contributed by atoms with van der Waals surface area (Å²) in [5.41, 5.74) is 2.00. The maximum absolute atomic E-state index is 12.5. The van der Waals surface area contributed by atoms with Crippen molar-refractivity contribution in [2.75, 3.05) is 10.1 Å². The van der Waals surface area contributed by atoms with E-state index in [1.165, 1.54) is 24.3 Å². The van der Waals surface area contributed by atoms with E-state index in [1.54, 1.807) is 6.92 Å². The van der Waals surface area contributed by atoms with Gasteiger partial charge in [-0.1, -0.05) is 36.8 Å². The zero-order chi connectivity index (χ0) is 19.8. The molecule has 1 fully saturated rings. The molecule has 0 spiro atoms. The van der Waals surface area contributed by atoms with Crippen LogP contribution in [0.2, 0.25) is 0 Å². The van der Waals surface area contributed by atoms with Gasteiger partial charge in [0.2, 0.25) is 26.0 Å². The Kier molecular flexibility index (Phi) is 5.11. The number of hydrogen-bond donors (Lipinski definition) is 1. The number of anilines is 1. The van der Waals surface area contributed by atoms with Crippen LogP contribution in [-0.4, -0.2) is 28.5 Å². The highest BCUT2D eigenvalue weighted by Gasteiger charge is 2.41. The summed E-state index contributed by atoms with van der Waals surface area (Å²) in [6.45, 7) is 3.61. The highest BCUT2D eigenvalue weighted by Crippen LogP contribution is 2.28. The van der Waals surface area contributed by atoms with Crippen molar-refractivity contribution in [2.45, 2.75) is 25.3 Å². The number of carbonyl (C=O) groups is 1. The number of aryl methyl sites for hydroxylation is 1. The van der Waals surface area contributed by atoms with Gasteiger partial charge in [0.1, 0.15) is 0 Å². The van der Waals surface area contributed by atoms with Gasteiger partial charge in [0, 0.05) is 6.54 Å². The molecule has 1 saturated heterocycles. The number of nitrogens with zero attached hydrogens (tertiary/aromatic N) is 1. The summed E-state index contributed by atoms with van der Waals surface area (Å²) in [4.78, 5) is 12.1. The Labute approximate surface area is 159 Å². The van der Waals surface area contributed by atoms with Crippen LogP contribution in [0.15, 0.2) is 53.4 Å². The lowest BCUT2D eigenvalue weighted by Crippen LogP contribution is -2.30. The van der Waals surface area contributed by atoms with E-state index in [-0.39, 0.29) is 22.9 Å². The fraction of sp³-hybridized carbons (Fsp3) is 0.278. The Balaban J connectivity index is 1.79. The summed E-state index contributed by atoms with van der Waals surface area (Å²) < 4.78 is 52.4. The SMILES string of the molecule is Cc1cccc(CNS(=O)(=O)c2ccc(N3C(=O)[C@@H](C)CS3(=O)=O)cc2)c1. The fourth-order valence-corrected chi connectivity index (χ4v) is 5.77. The van der Waals surface area contributed by atoms with Crippen LogP contribution in [0, 0.1) is 12.8 Å². The van der Waals surface area contributed by atoms with Crippen molar-refractivity contribution in [1.82, 2.24) is 4.72 Å². The number of benzene rings is 2. The first-order valence-electron chi connectivity index (χ1n) is 8.32. The van der Waals surface area contributed by atoms with E-state index in [1.807, 2.05) is 31.2 Å². The van der Waals surface area contributed by atoms with Gasteiger partial charge in [-0.2, -0.15) is 0 Å². The number of hydrogen-bond acceptors (Lipinski definition) is 5. The molecule has 7 nitrogen and oxygen atoms in total. The summed E-state index contributed by atoms with van der Waals surface area (Å²) in [5.74, 6) is -1.37. The van der Waals surface area contributed by atoms with Gasteiger partial charge < -0.3 is 0 Å². The molecule has 1 amide bonds. The predicted octanol–water partition coefficient (Wildman–Crippen LogP) is 1.79. The monoisotopic (exact) mass is 408 g/mol. The maximum atomic E-state index is 12.5. The lowest BCUT2D eigenvalue weighted by Gasteiger charge is -2.15. The van der Waals surface area contributed by atoms with E-state index in [0.717, 1.165) is 15.4 Å². The molecule has 2 aromatic carbocycles. The third-order valence-corrected chi connectivity index (χ3v) is 7.58. The van der Waals surface area contributed by atoms with Crippen LogP contribution in [0.25, 0.3) is 0 Å². The quantitative estimate of drug-likeness (QED) is 0.813. The number of carbonyl (C=O) groups excluding carboxylic acids is 1. The summed E-state index contributed by atoms with van der Waals surface area (Å²) >= 11 is 0. The van der Waals surface area contributed by atoms with Gasteiger partial charge in [-0.15, -0.1) is 0 Å². The third-order valence-electron chi connectivity index (χ3n) is 4.29. The van der Waals surface area contributed by atoms with Gasteiger partial charge in [-0.3, -0.25) is 4.79 Å². The Bertz CT molecular complexity index is 1080. The maximum Gasteiger partial charge on any atom is 0.244 e. The number of nitrogens with one attached hydrogen (secondary N) is 1. The highest BCUT2D eigenvalue weighted by atomic mass is 32.2. The Morgan fingerprint density at radius 1 is 1.15 bits per heavy atom. The predicted molar refractivity (Wildman–Crippen MR) is 102 cm³/mol. The molecule has 2 aromatic rings. The standard InChI is InChI=1S/C18H20N2O5S2/c1-13-4-3-5-15(10-13)11-19-27(24,25)17-8-6-16(7-9-17)20-18(21)14(2)12-26(20,22)23/h3-10,14,19H,11-12H2,1-2H3/t14-/m0/s1. The lowest BCUT2D eigenvalue weighted by atomic mass is 10.1. The van der Waals surface area contributed by atoms with E-state index in [0.29, 0.717) is 0 Å². The second-order valence-corrected chi connectivity index (χ2v) is 10.2. The van der Waals surface area contributed by atoms with Gasteiger partial charge in [-0.05, 0) is 36.8 Å². The molecule has 0 bridgehead atoms. The molecule has 144 valence electrons. The average Bonchev–Trinajstić information content (AvgIpc) is 2.80. The Morgan fingerprint density at radius 3 is 2.37 bits per heavy atom. The zero-order valence-corrected chi connectivity index (χ0v) is 16.5. The Hall–Kier alpha value is -2.23. The first kappa shape index (κ1) is 19.5. The van der Waals surface area contributed by atoms with E-state index < -0.39 is 31.9 Å². The summed E-state index contributed by atoms with van der Waals surface area (Å²) in [6, 6.07) is 12.7. The first-order chi connectivity index (χ1) is 12.6. The molecule has 1 aliphatic heterocycles. The van der Waals surface area contributed by atoms with Gasteiger partial charge in [0.25, 0.3) is 0 Å². The molecular weight excluding hydrogens is 388 g/mol. The minimum Gasteiger partial charge on any atom is -0.273 e. The summed E-state index contributed by atoms with van der Waals surface area (Å²) in [7, 11) is -7.49. The molecule has 0 aromatic heterocycles. The van der Waals surface area contributed by atoms with Crippen molar-refractivity contribution in [3.05, 3.63) is 59.7 Å². The second-order valence-electron chi connectivity index (χ2n) is 6.59. The van der Waals surface area contributed by atoms with Crippen molar-refractivity contribution in [1.29, 1.82) is 0 Å². The van der Waals surface area contributed by atoms with E-state index in [4.69, 9.17) is 0 Å². The first-order valence-corrected chi connectivity index (χ1v) is 11.4. The molecule has 1 aliphatic rings. The van der Waals surface area contributed by atoms with Crippen LogP contribution < -0.4 is 9.03 Å². The van der Waals surface area contributed by atoms with Gasteiger partial charge >= 0.3 is 0 Å². The van der Waals surface area contributed by atoms with Crippen LogP contribution in [0.4, 0.5) is 5.69 Å². The molecule has 3 rings (SSSR count). The van der Waals surface area contributed by atoms with Crippen LogP contribution in [0.5, 0.6) is 0 Å². The molecule has 1 heterocycles. The molecule has 0 radical (unpaired) electrons.